The van der Waals surface area contributed by atoms with Gasteiger partial charge in [0, 0.05) is 13.0 Å². The second-order valence-electron chi connectivity index (χ2n) is 5.08. The van der Waals surface area contributed by atoms with E-state index < -0.39 is 5.97 Å². The van der Waals surface area contributed by atoms with Crippen molar-refractivity contribution in [2.45, 2.75) is 46.1 Å². The van der Waals surface area contributed by atoms with E-state index in [-0.39, 0.29) is 24.4 Å². The minimum Gasteiger partial charge on any atom is -0.481 e. The highest BCUT2D eigenvalue weighted by molar-refractivity contribution is 5.74. The molecule has 2 atom stereocenters. The molecular formula is C14H24N2O3. The zero-order valence-corrected chi connectivity index (χ0v) is 11.9. The van der Waals surface area contributed by atoms with Crippen LogP contribution in [0.2, 0.25) is 0 Å². The number of nitrogens with one attached hydrogen (secondary N) is 2. The van der Waals surface area contributed by atoms with Crippen LogP contribution < -0.4 is 10.6 Å². The predicted octanol–water partition coefficient (Wildman–Crippen LogP) is 1.83. The summed E-state index contributed by atoms with van der Waals surface area (Å²) in [6.07, 6.45) is 6.73. The summed E-state index contributed by atoms with van der Waals surface area (Å²) >= 11 is 0. The van der Waals surface area contributed by atoms with Crippen LogP contribution in [0.25, 0.3) is 0 Å². The average Bonchev–Trinajstić information content (AvgIpc) is 2.31. The standard InChI is InChI=1S/C14H24N2O3/c1-5-12(6-2)16-14(19)15-9-11(7-10(3)4)8-13(17)18/h1,10-12H,6-9H2,2-4H3,(H,17,18)(H2,15,16,19)/t11-,12?/m0/s1. The van der Waals surface area contributed by atoms with Gasteiger partial charge in [-0.3, -0.25) is 4.79 Å². The van der Waals surface area contributed by atoms with Crippen molar-refractivity contribution < 1.29 is 14.7 Å². The zero-order chi connectivity index (χ0) is 14.8. The number of amides is 2. The van der Waals surface area contributed by atoms with Crippen molar-refractivity contribution in [1.82, 2.24) is 10.6 Å². The molecule has 0 fully saturated rings. The number of carbonyl (C=O) groups excluding carboxylic acids is 1. The number of urea groups is 1. The van der Waals surface area contributed by atoms with Gasteiger partial charge < -0.3 is 15.7 Å². The summed E-state index contributed by atoms with van der Waals surface area (Å²) in [5, 5.41) is 14.2. The third-order valence-electron chi connectivity index (χ3n) is 2.73. The number of carbonyl (C=O) groups is 2. The third kappa shape index (κ3) is 8.95. The Kier molecular flexibility index (Phi) is 8.43. The largest absolute Gasteiger partial charge is 0.481 e. The van der Waals surface area contributed by atoms with Crippen molar-refractivity contribution in [3.63, 3.8) is 0 Å². The van der Waals surface area contributed by atoms with Crippen LogP contribution in [0, 0.1) is 24.2 Å². The van der Waals surface area contributed by atoms with Crippen molar-refractivity contribution in [1.29, 1.82) is 0 Å². The van der Waals surface area contributed by atoms with Gasteiger partial charge in [-0.15, -0.1) is 6.42 Å². The van der Waals surface area contributed by atoms with Gasteiger partial charge in [0.15, 0.2) is 0 Å². The van der Waals surface area contributed by atoms with Crippen LogP contribution in [-0.4, -0.2) is 29.7 Å². The van der Waals surface area contributed by atoms with Gasteiger partial charge in [0.05, 0.1) is 6.04 Å². The number of hydrogen-bond donors (Lipinski definition) is 3. The average molecular weight is 268 g/mol. The summed E-state index contributed by atoms with van der Waals surface area (Å²) in [4.78, 5) is 22.3. The van der Waals surface area contributed by atoms with Crippen LogP contribution in [0.1, 0.15) is 40.0 Å². The molecule has 0 rings (SSSR count). The lowest BCUT2D eigenvalue weighted by Gasteiger charge is -2.19. The lowest BCUT2D eigenvalue weighted by atomic mass is 9.94. The quantitative estimate of drug-likeness (QED) is 0.588. The highest BCUT2D eigenvalue weighted by Gasteiger charge is 2.16. The van der Waals surface area contributed by atoms with Gasteiger partial charge in [0.1, 0.15) is 0 Å². The molecule has 0 aromatic carbocycles. The lowest BCUT2D eigenvalue weighted by Crippen LogP contribution is -2.43. The van der Waals surface area contributed by atoms with Gasteiger partial charge in [0.25, 0.3) is 0 Å². The number of hydrogen-bond acceptors (Lipinski definition) is 2. The first-order chi connectivity index (χ1) is 8.88. The molecule has 0 aliphatic carbocycles. The van der Waals surface area contributed by atoms with Gasteiger partial charge in [-0.05, 0) is 24.7 Å². The minimum atomic E-state index is -0.845. The van der Waals surface area contributed by atoms with Crippen molar-refractivity contribution in [3.8, 4) is 12.3 Å². The Balaban J connectivity index is 4.19. The monoisotopic (exact) mass is 268 g/mol. The number of terminal acetylenes is 1. The fourth-order valence-electron chi connectivity index (χ4n) is 1.86. The maximum atomic E-state index is 11.6. The second-order valence-corrected chi connectivity index (χ2v) is 5.08. The fourth-order valence-corrected chi connectivity index (χ4v) is 1.86. The molecule has 108 valence electrons. The predicted molar refractivity (Wildman–Crippen MR) is 74.6 cm³/mol. The van der Waals surface area contributed by atoms with E-state index in [2.05, 4.69) is 16.6 Å². The van der Waals surface area contributed by atoms with Crippen molar-refractivity contribution in [3.05, 3.63) is 0 Å². The SMILES string of the molecule is C#CC(CC)NC(=O)NC[C@H](CC(=O)O)CC(C)C. The number of rotatable bonds is 8. The van der Waals surface area contributed by atoms with Gasteiger partial charge >= 0.3 is 12.0 Å². The van der Waals surface area contributed by atoms with E-state index in [0.717, 1.165) is 6.42 Å². The summed E-state index contributed by atoms with van der Waals surface area (Å²) in [6, 6.07) is -0.632. The third-order valence-corrected chi connectivity index (χ3v) is 2.73. The normalized spacial score (nSPS) is 13.4. The molecule has 0 aliphatic rings. The second kappa shape index (κ2) is 9.26. The Hall–Kier alpha value is -1.70. The molecule has 0 aliphatic heterocycles. The molecule has 19 heavy (non-hydrogen) atoms. The molecule has 0 heterocycles. The van der Waals surface area contributed by atoms with E-state index in [4.69, 9.17) is 11.5 Å². The van der Waals surface area contributed by atoms with Crippen LogP contribution in [0.15, 0.2) is 0 Å². The number of carboxylic acid groups (broad SMARTS) is 1. The molecule has 2 amide bonds. The number of carboxylic acids is 1. The molecule has 5 heteroatoms. The summed E-state index contributed by atoms with van der Waals surface area (Å²) in [7, 11) is 0. The Morgan fingerprint density at radius 1 is 1.37 bits per heavy atom. The maximum Gasteiger partial charge on any atom is 0.315 e. The van der Waals surface area contributed by atoms with Crippen molar-refractivity contribution in [2.75, 3.05) is 6.54 Å². The first-order valence-corrected chi connectivity index (χ1v) is 6.61. The van der Waals surface area contributed by atoms with Gasteiger partial charge in [-0.1, -0.05) is 26.7 Å². The summed E-state index contributed by atoms with van der Waals surface area (Å²) in [5.41, 5.74) is 0. The molecule has 5 nitrogen and oxygen atoms in total. The van der Waals surface area contributed by atoms with Crippen LogP contribution in [0.3, 0.4) is 0 Å². The first kappa shape index (κ1) is 17.3. The summed E-state index contributed by atoms with van der Waals surface area (Å²) in [5.74, 6) is 1.96. The van der Waals surface area contributed by atoms with E-state index in [1.165, 1.54) is 0 Å². The molecule has 0 radical (unpaired) electrons. The van der Waals surface area contributed by atoms with Crippen LogP contribution in [0.5, 0.6) is 0 Å². The molecule has 0 aromatic heterocycles. The van der Waals surface area contributed by atoms with Crippen LogP contribution >= 0.6 is 0 Å². The summed E-state index contributed by atoms with van der Waals surface area (Å²) in [6.45, 7) is 6.29. The smallest absolute Gasteiger partial charge is 0.315 e. The fraction of sp³-hybridized carbons (Fsp3) is 0.714. The molecule has 0 saturated carbocycles. The molecule has 0 aromatic rings. The Morgan fingerprint density at radius 2 is 2.00 bits per heavy atom. The van der Waals surface area contributed by atoms with E-state index in [1.54, 1.807) is 0 Å². The molecule has 3 N–H and O–H groups in total. The highest BCUT2D eigenvalue weighted by atomic mass is 16.4. The minimum absolute atomic E-state index is 0.0603. The molecular weight excluding hydrogens is 244 g/mol. The Morgan fingerprint density at radius 3 is 2.42 bits per heavy atom. The molecule has 1 unspecified atom stereocenters. The van der Waals surface area contributed by atoms with Gasteiger partial charge in [-0.2, -0.15) is 0 Å². The summed E-state index contributed by atoms with van der Waals surface area (Å²) < 4.78 is 0. The lowest BCUT2D eigenvalue weighted by molar-refractivity contribution is -0.138. The molecule has 0 bridgehead atoms. The Labute approximate surface area is 115 Å². The van der Waals surface area contributed by atoms with Gasteiger partial charge in [0.2, 0.25) is 0 Å². The van der Waals surface area contributed by atoms with Crippen LogP contribution in [-0.2, 0) is 4.79 Å². The maximum absolute atomic E-state index is 11.6. The van der Waals surface area contributed by atoms with Crippen molar-refractivity contribution >= 4 is 12.0 Å². The van der Waals surface area contributed by atoms with Crippen LogP contribution in [0.4, 0.5) is 4.79 Å². The zero-order valence-electron chi connectivity index (χ0n) is 11.9. The molecule has 0 spiro atoms. The van der Waals surface area contributed by atoms with E-state index in [9.17, 15) is 9.59 Å². The molecule has 0 saturated heterocycles. The number of aliphatic carboxylic acids is 1. The first-order valence-electron chi connectivity index (χ1n) is 6.61. The van der Waals surface area contributed by atoms with E-state index >= 15 is 0 Å². The van der Waals surface area contributed by atoms with E-state index in [1.807, 2.05) is 20.8 Å². The van der Waals surface area contributed by atoms with Crippen molar-refractivity contribution in [2.24, 2.45) is 11.8 Å². The van der Waals surface area contributed by atoms with Gasteiger partial charge in [-0.25, -0.2) is 4.79 Å². The van der Waals surface area contributed by atoms with E-state index in [0.29, 0.717) is 18.9 Å². The highest BCUT2D eigenvalue weighted by Crippen LogP contribution is 2.14. The Bertz CT molecular complexity index is 334. The topological polar surface area (TPSA) is 78.4 Å².